The maximum atomic E-state index is 10.9. The van der Waals surface area contributed by atoms with Crippen LogP contribution in [0.5, 0.6) is 0 Å². The average molecular weight is 330 g/mol. The Morgan fingerprint density at radius 2 is 2.12 bits per heavy atom. The molecule has 0 amide bonds. The van der Waals surface area contributed by atoms with Gasteiger partial charge in [-0.05, 0) is 32.4 Å². The summed E-state index contributed by atoms with van der Waals surface area (Å²) in [5, 5.41) is 18.5. The van der Waals surface area contributed by atoms with Gasteiger partial charge in [0, 0.05) is 30.6 Å². The monoisotopic (exact) mass is 330 g/mol. The second kappa shape index (κ2) is 7.32. The molecule has 0 saturated heterocycles. The van der Waals surface area contributed by atoms with Crippen LogP contribution in [0, 0.1) is 0 Å². The van der Waals surface area contributed by atoms with Gasteiger partial charge in [0.15, 0.2) is 0 Å². The molecule has 1 heterocycles. The predicted octanol–water partition coefficient (Wildman–Crippen LogP) is 2.08. The maximum absolute atomic E-state index is 10.9. The number of nitrogens with zero attached hydrogens (tertiary/aromatic N) is 3. The summed E-state index contributed by atoms with van der Waals surface area (Å²) < 4.78 is 2.04. The Bertz CT molecular complexity index is 706. The first kappa shape index (κ1) is 16.9. The number of likely N-dealkylation sites (N-methyl/N-ethyl adjacent to an activating group) is 1. The zero-order chi connectivity index (χ0) is 17.1. The minimum absolute atomic E-state index is 0.138. The quantitative estimate of drug-likeness (QED) is 0.775. The highest BCUT2D eigenvalue weighted by molar-refractivity contribution is 5.81. The number of aliphatic carboxylic acids is 1. The lowest BCUT2D eigenvalue weighted by Crippen LogP contribution is -2.53. The van der Waals surface area contributed by atoms with Crippen LogP contribution in [0.4, 0.5) is 0 Å². The Morgan fingerprint density at radius 1 is 1.38 bits per heavy atom. The Hall–Kier alpha value is -1.92. The summed E-state index contributed by atoms with van der Waals surface area (Å²) in [6.45, 7) is 6.68. The van der Waals surface area contributed by atoms with Crippen molar-refractivity contribution in [3.05, 3.63) is 30.0 Å². The molecule has 0 unspecified atom stereocenters. The highest BCUT2D eigenvalue weighted by atomic mass is 16.4. The molecule has 1 aliphatic rings. The number of carboxylic acid groups (broad SMARTS) is 1. The van der Waals surface area contributed by atoms with Gasteiger partial charge in [-0.2, -0.15) is 5.10 Å². The number of carbonyl (C=O) groups is 1. The van der Waals surface area contributed by atoms with Crippen molar-refractivity contribution in [2.45, 2.75) is 51.9 Å². The molecule has 0 radical (unpaired) electrons. The van der Waals surface area contributed by atoms with E-state index in [0.717, 1.165) is 38.2 Å². The third kappa shape index (κ3) is 3.44. The highest BCUT2D eigenvalue weighted by Crippen LogP contribution is 2.26. The number of benzene rings is 1. The molecule has 1 saturated carbocycles. The van der Waals surface area contributed by atoms with Gasteiger partial charge in [0.25, 0.3) is 0 Å². The third-order valence-corrected chi connectivity index (χ3v) is 4.97. The predicted molar refractivity (Wildman–Crippen MR) is 93.9 cm³/mol. The molecular weight excluding hydrogens is 304 g/mol. The lowest BCUT2D eigenvalue weighted by atomic mass is 9.85. The van der Waals surface area contributed by atoms with Gasteiger partial charge in [0.2, 0.25) is 0 Å². The van der Waals surface area contributed by atoms with E-state index in [2.05, 4.69) is 30.4 Å². The largest absolute Gasteiger partial charge is 0.480 e. The molecule has 130 valence electrons. The number of rotatable bonds is 8. The van der Waals surface area contributed by atoms with Crippen molar-refractivity contribution in [3.63, 3.8) is 0 Å². The van der Waals surface area contributed by atoms with E-state index in [1.54, 1.807) is 0 Å². The van der Waals surface area contributed by atoms with Crippen LogP contribution in [-0.4, -0.2) is 50.9 Å². The molecule has 2 aromatic rings. The average Bonchev–Trinajstić information content (AvgIpc) is 2.90. The van der Waals surface area contributed by atoms with Crippen molar-refractivity contribution >= 4 is 16.9 Å². The number of nitrogens with one attached hydrogen (secondary N) is 1. The summed E-state index contributed by atoms with van der Waals surface area (Å²) in [7, 11) is 0. The van der Waals surface area contributed by atoms with Crippen molar-refractivity contribution in [3.8, 4) is 0 Å². The summed E-state index contributed by atoms with van der Waals surface area (Å²) >= 11 is 0. The molecule has 1 fully saturated rings. The van der Waals surface area contributed by atoms with Gasteiger partial charge in [-0.15, -0.1) is 0 Å². The Kier molecular flexibility index (Phi) is 5.16. The zero-order valence-corrected chi connectivity index (χ0v) is 14.4. The Morgan fingerprint density at radius 3 is 2.79 bits per heavy atom. The Labute approximate surface area is 142 Å². The molecule has 1 aromatic carbocycles. The molecule has 1 aromatic heterocycles. The summed E-state index contributed by atoms with van der Waals surface area (Å²) in [5.41, 5.74) is 2.27. The minimum Gasteiger partial charge on any atom is -0.480 e. The fraction of sp³-hybridized carbons (Fsp3) is 0.556. The molecule has 3 rings (SSSR count). The topological polar surface area (TPSA) is 70.4 Å². The lowest BCUT2D eigenvalue weighted by molar-refractivity contribution is -0.139. The Balaban J connectivity index is 1.56. The maximum Gasteiger partial charge on any atom is 0.317 e. The van der Waals surface area contributed by atoms with E-state index in [9.17, 15) is 4.79 Å². The van der Waals surface area contributed by atoms with Gasteiger partial charge in [-0.1, -0.05) is 25.1 Å². The lowest BCUT2D eigenvalue weighted by Gasteiger charge is -2.42. The van der Waals surface area contributed by atoms with E-state index >= 15 is 0 Å². The molecule has 1 aliphatic carbocycles. The van der Waals surface area contributed by atoms with Crippen LogP contribution in [0.1, 0.15) is 32.4 Å². The highest BCUT2D eigenvalue weighted by Gasteiger charge is 2.33. The first-order valence-corrected chi connectivity index (χ1v) is 8.76. The molecule has 0 aliphatic heterocycles. The standard InChI is InChI=1S/C18H26N4O2/c1-3-21(12-18(23)24)14-9-13(10-14)19-11-16-15-7-5-6-8-17(15)22(4-2)20-16/h5-8,13-14,19H,3-4,9-12H2,1-2H3,(H,23,24). The van der Waals surface area contributed by atoms with Gasteiger partial charge in [0.05, 0.1) is 17.8 Å². The number of aryl methyl sites for hydroxylation is 1. The van der Waals surface area contributed by atoms with Crippen LogP contribution in [0.2, 0.25) is 0 Å². The summed E-state index contributed by atoms with van der Waals surface area (Å²) in [6, 6.07) is 9.17. The van der Waals surface area contributed by atoms with E-state index in [0.29, 0.717) is 12.1 Å². The third-order valence-electron chi connectivity index (χ3n) is 4.97. The van der Waals surface area contributed by atoms with Gasteiger partial charge >= 0.3 is 5.97 Å². The number of hydrogen-bond acceptors (Lipinski definition) is 4. The second-order valence-corrected chi connectivity index (χ2v) is 6.44. The molecule has 6 nitrogen and oxygen atoms in total. The van der Waals surface area contributed by atoms with Crippen LogP contribution in [0.3, 0.4) is 0 Å². The van der Waals surface area contributed by atoms with Crippen molar-refractivity contribution in [1.29, 1.82) is 0 Å². The number of carboxylic acids is 1. The van der Waals surface area contributed by atoms with Crippen molar-refractivity contribution in [2.75, 3.05) is 13.1 Å². The molecule has 0 spiro atoms. The van der Waals surface area contributed by atoms with Crippen LogP contribution >= 0.6 is 0 Å². The minimum atomic E-state index is -0.746. The normalized spacial score (nSPS) is 20.5. The molecule has 24 heavy (non-hydrogen) atoms. The van der Waals surface area contributed by atoms with Crippen LogP contribution in [0.15, 0.2) is 24.3 Å². The first-order chi connectivity index (χ1) is 11.6. The van der Waals surface area contributed by atoms with Gasteiger partial charge in [0.1, 0.15) is 0 Å². The van der Waals surface area contributed by atoms with E-state index in [4.69, 9.17) is 10.2 Å². The van der Waals surface area contributed by atoms with Gasteiger partial charge in [-0.25, -0.2) is 0 Å². The summed E-state index contributed by atoms with van der Waals surface area (Å²) in [5.74, 6) is -0.746. The molecule has 6 heteroatoms. The van der Waals surface area contributed by atoms with E-state index in [-0.39, 0.29) is 6.54 Å². The molecule has 2 N–H and O–H groups in total. The van der Waals surface area contributed by atoms with Crippen molar-refractivity contribution in [1.82, 2.24) is 20.0 Å². The zero-order valence-electron chi connectivity index (χ0n) is 14.4. The molecule has 0 bridgehead atoms. The van der Waals surface area contributed by atoms with E-state index in [1.807, 2.05) is 22.6 Å². The second-order valence-electron chi connectivity index (χ2n) is 6.44. The van der Waals surface area contributed by atoms with E-state index < -0.39 is 5.97 Å². The first-order valence-electron chi connectivity index (χ1n) is 8.76. The fourth-order valence-electron chi connectivity index (χ4n) is 3.53. The number of hydrogen-bond donors (Lipinski definition) is 2. The fourth-order valence-corrected chi connectivity index (χ4v) is 3.53. The van der Waals surface area contributed by atoms with Crippen LogP contribution in [-0.2, 0) is 17.9 Å². The van der Waals surface area contributed by atoms with Gasteiger partial charge in [-0.3, -0.25) is 14.4 Å². The number of para-hydroxylation sites is 1. The van der Waals surface area contributed by atoms with Crippen LogP contribution < -0.4 is 5.32 Å². The summed E-state index contributed by atoms with van der Waals surface area (Å²) in [6.07, 6.45) is 2.01. The van der Waals surface area contributed by atoms with E-state index in [1.165, 1.54) is 10.9 Å². The summed E-state index contributed by atoms with van der Waals surface area (Å²) in [4.78, 5) is 12.9. The van der Waals surface area contributed by atoms with Crippen molar-refractivity contribution in [2.24, 2.45) is 0 Å². The molecule has 0 atom stereocenters. The number of aromatic nitrogens is 2. The van der Waals surface area contributed by atoms with Crippen LogP contribution in [0.25, 0.3) is 10.9 Å². The smallest absolute Gasteiger partial charge is 0.317 e. The number of fused-ring (bicyclic) bond motifs is 1. The SMILES string of the molecule is CCN(CC(=O)O)C1CC(NCc2nn(CC)c3ccccc23)C1. The molecular formula is C18H26N4O2. The van der Waals surface area contributed by atoms with Crippen molar-refractivity contribution < 1.29 is 9.90 Å². The van der Waals surface area contributed by atoms with Gasteiger partial charge < -0.3 is 10.4 Å².